The normalized spacial score (nSPS) is 12.2. The Labute approximate surface area is 108 Å². The first-order chi connectivity index (χ1) is 7.54. The Bertz CT molecular complexity index is 384. The molecule has 0 aliphatic heterocycles. The average molecular weight is 307 g/mol. The van der Waals surface area contributed by atoms with Crippen molar-refractivity contribution in [3.05, 3.63) is 33.3 Å². The molecule has 0 aromatic heterocycles. The molecule has 1 rings (SSSR count). The highest BCUT2D eigenvalue weighted by atomic mass is 79.9. The van der Waals surface area contributed by atoms with Gasteiger partial charge in [0, 0.05) is 15.5 Å². The number of carbonyl (C=O) groups is 1. The molecule has 0 heterocycles. The molecule has 0 saturated carbocycles. The van der Waals surface area contributed by atoms with E-state index in [1.807, 2.05) is 12.1 Å². The predicted octanol–water partition coefficient (Wildman–Crippen LogP) is 3.06. The lowest BCUT2D eigenvalue weighted by Gasteiger charge is -2.13. The molecule has 0 radical (unpaired) electrons. The van der Waals surface area contributed by atoms with Crippen LogP contribution >= 0.6 is 27.5 Å². The lowest BCUT2D eigenvalue weighted by Crippen LogP contribution is -2.17. The number of hydrogen-bond acceptors (Lipinski definition) is 3. The van der Waals surface area contributed by atoms with Crippen molar-refractivity contribution in [1.82, 2.24) is 0 Å². The number of halogens is 2. The van der Waals surface area contributed by atoms with Crippen LogP contribution in [-0.2, 0) is 9.53 Å². The molecule has 3 nitrogen and oxygen atoms in total. The number of benzene rings is 1. The average Bonchev–Trinajstić information content (AvgIpc) is 2.21. The minimum absolute atomic E-state index is 0.129. The fourth-order valence-corrected chi connectivity index (χ4v) is 1.94. The van der Waals surface area contributed by atoms with E-state index in [2.05, 4.69) is 15.9 Å². The van der Waals surface area contributed by atoms with Crippen molar-refractivity contribution in [2.45, 2.75) is 19.4 Å². The molecular weight excluding hydrogens is 293 g/mol. The first-order valence-electron chi connectivity index (χ1n) is 4.90. The summed E-state index contributed by atoms with van der Waals surface area (Å²) in [5.41, 5.74) is 6.63. The van der Waals surface area contributed by atoms with E-state index in [4.69, 9.17) is 22.1 Å². The molecule has 0 spiro atoms. The van der Waals surface area contributed by atoms with Crippen LogP contribution in [-0.4, -0.2) is 12.6 Å². The standard InChI is InChI=1S/C11H13BrClNO2/c1-2-16-11(15)6-10(14)8-5-7(12)3-4-9(8)13/h3-5,10H,2,6,14H2,1H3/t10-/m0/s1. The summed E-state index contributed by atoms with van der Waals surface area (Å²) in [6.45, 7) is 2.12. The van der Waals surface area contributed by atoms with Gasteiger partial charge in [0.2, 0.25) is 0 Å². The van der Waals surface area contributed by atoms with Gasteiger partial charge in [-0.3, -0.25) is 4.79 Å². The zero-order valence-electron chi connectivity index (χ0n) is 8.87. The van der Waals surface area contributed by atoms with E-state index < -0.39 is 6.04 Å². The van der Waals surface area contributed by atoms with Crippen LogP contribution < -0.4 is 5.73 Å². The lowest BCUT2D eigenvalue weighted by molar-refractivity contribution is -0.143. The molecule has 2 N–H and O–H groups in total. The topological polar surface area (TPSA) is 52.3 Å². The van der Waals surface area contributed by atoms with Crippen LogP contribution in [0.3, 0.4) is 0 Å². The van der Waals surface area contributed by atoms with Gasteiger partial charge in [-0.05, 0) is 30.7 Å². The van der Waals surface area contributed by atoms with E-state index in [-0.39, 0.29) is 12.4 Å². The highest BCUT2D eigenvalue weighted by molar-refractivity contribution is 9.10. The van der Waals surface area contributed by atoms with Crippen molar-refractivity contribution in [2.24, 2.45) is 5.73 Å². The summed E-state index contributed by atoms with van der Waals surface area (Å²) in [5, 5.41) is 0.556. The molecular formula is C11H13BrClNO2. The first kappa shape index (κ1) is 13.5. The second-order valence-electron chi connectivity index (χ2n) is 3.28. The Hall–Kier alpha value is -0.580. The van der Waals surface area contributed by atoms with Crippen molar-refractivity contribution in [3.63, 3.8) is 0 Å². The van der Waals surface area contributed by atoms with Gasteiger partial charge >= 0.3 is 5.97 Å². The molecule has 0 bridgehead atoms. The van der Waals surface area contributed by atoms with Crippen molar-refractivity contribution in [2.75, 3.05) is 6.61 Å². The van der Waals surface area contributed by atoms with Crippen LogP contribution in [0.5, 0.6) is 0 Å². The highest BCUT2D eigenvalue weighted by Crippen LogP contribution is 2.27. The molecule has 0 aliphatic carbocycles. The van der Waals surface area contributed by atoms with Gasteiger partial charge in [0.25, 0.3) is 0 Å². The SMILES string of the molecule is CCOC(=O)C[C@H](N)c1cc(Br)ccc1Cl. The van der Waals surface area contributed by atoms with Gasteiger partial charge in [0.1, 0.15) is 0 Å². The van der Waals surface area contributed by atoms with Crippen LogP contribution in [0.4, 0.5) is 0 Å². The fraction of sp³-hybridized carbons (Fsp3) is 0.364. The summed E-state index contributed by atoms with van der Waals surface area (Å²) < 4.78 is 5.71. The van der Waals surface area contributed by atoms with Gasteiger partial charge in [0.15, 0.2) is 0 Å². The van der Waals surface area contributed by atoms with Crippen molar-refractivity contribution in [1.29, 1.82) is 0 Å². The molecule has 0 unspecified atom stereocenters. The summed E-state index contributed by atoms with van der Waals surface area (Å²) in [6.07, 6.45) is 0.129. The minimum Gasteiger partial charge on any atom is -0.466 e. The number of esters is 1. The van der Waals surface area contributed by atoms with Crippen molar-refractivity contribution in [3.8, 4) is 0 Å². The number of hydrogen-bond donors (Lipinski definition) is 1. The molecule has 5 heteroatoms. The third-order valence-electron chi connectivity index (χ3n) is 2.05. The maximum absolute atomic E-state index is 11.3. The molecule has 0 amide bonds. The Morgan fingerprint density at radius 3 is 2.94 bits per heavy atom. The molecule has 1 aromatic rings. The van der Waals surface area contributed by atoms with Gasteiger partial charge in [-0.25, -0.2) is 0 Å². The molecule has 1 aromatic carbocycles. The van der Waals surface area contributed by atoms with Crippen LogP contribution in [0.15, 0.2) is 22.7 Å². The molecule has 0 aliphatic rings. The van der Waals surface area contributed by atoms with Crippen LogP contribution in [0, 0.1) is 0 Å². The molecule has 88 valence electrons. The number of nitrogens with two attached hydrogens (primary N) is 1. The quantitative estimate of drug-likeness (QED) is 0.870. The van der Waals surface area contributed by atoms with Crippen LogP contribution in [0.1, 0.15) is 24.9 Å². The third kappa shape index (κ3) is 3.77. The van der Waals surface area contributed by atoms with E-state index in [1.165, 1.54) is 0 Å². The molecule has 0 saturated heterocycles. The molecule has 16 heavy (non-hydrogen) atoms. The van der Waals surface area contributed by atoms with Crippen LogP contribution in [0.2, 0.25) is 5.02 Å². The molecule has 1 atom stereocenters. The zero-order chi connectivity index (χ0) is 12.1. The van der Waals surface area contributed by atoms with Crippen molar-refractivity contribution >= 4 is 33.5 Å². The third-order valence-corrected chi connectivity index (χ3v) is 2.89. The van der Waals surface area contributed by atoms with Crippen LogP contribution in [0.25, 0.3) is 0 Å². The van der Waals surface area contributed by atoms with Crippen molar-refractivity contribution < 1.29 is 9.53 Å². The minimum atomic E-state index is -0.441. The summed E-state index contributed by atoms with van der Waals surface area (Å²) in [6, 6.07) is 4.94. The van der Waals surface area contributed by atoms with Gasteiger partial charge < -0.3 is 10.5 Å². The van der Waals surface area contributed by atoms with E-state index in [9.17, 15) is 4.79 Å². The first-order valence-corrected chi connectivity index (χ1v) is 6.07. The Morgan fingerprint density at radius 2 is 2.31 bits per heavy atom. The van der Waals surface area contributed by atoms with Gasteiger partial charge in [-0.15, -0.1) is 0 Å². The van der Waals surface area contributed by atoms with Gasteiger partial charge in [0.05, 0.1) is 13.0 Å². The summed E-state index contributed by atoms with van der Waals surface area (Å²) >= 11 is 9.33. The number of rotatable bonds is 4. The zero-order valence-corrected chi connectivity index (χ0v) is 11.2. The van der Waals surface area contributed by atoms with Gasteiger partial charge in [-0.2, -0.15) is 0 Å². The number of carbonyl (C=O) groups excluding carboxylic acids is 1. The van der Waals surface area contributed by atoms with E-state index in [0.717, 1.165) is 10.0 Å². The number of ether oxygens (including phenoxy) is 1. The smallest absolute Gasteiger partial charge is 0.307 e. The second kappa shape index (κ2) is 6.23. The van der Waals surface area contributed by atoms with E-state index in [0.29, 0.717) is 11.6 Å². The predicted molar refractivity (Wildman–Crippen MR) is 67.3 cm³/mol. The fourth-order valence-electron chi connectivity index (χ4n) is 1.31. The second-order valence-corrected chi connectivity index (χ2v) is 4.60. The largest absolute Gasteiger partial charge is 0.466 e. The Balaban J connectivity index is 2.76. The Morgan fingerprint density at radius 1 is 1.62 bits per heavy atom. The van der Waals surface area contributed by atoms with E-state index in [1.54, 1.807) is 13.0 Å². The van der Waals surface area contributed by atoms with E-state index >= 15 is 0 Å². The highest BCUT2D eigenvalue weighted by Gasteiger charge is 2.15. The lowest BCUT2D eigenvalue weighted by atomic mass is 10.1. The molecule has 0 fully saturated rings. The maximum Gasteiger partial charge on any atom is 0.307 e. The summed E-state index contributed by atoms with van der Waals surface area (Å²) in [7, 11) is 0. The van der Waals surface area contributed by atoms with Gasteiger partial charge in [-0.1, -0.05) is 27.5 Å². The maximum atomic E-state index is 11.3. The monoisotopic (exact) mass is 305 g/mol. The Kier molecular flexibility index (Phi) is 5.25. The summed E-state index contributed by atoms with van der Waals surface area (Å²) in [5.74, 6) is -0.314. The summed E-state index contributed by atoms with van der Waals surface area (Å²) in [4.78, 5) is 11.3.